The van der Waals surface area contributed by atoms with E-state index in [2.05, 4.69) is 88.0 Å². The molecule has 1 aliphatic carbocycles. The highest BCUT2D eigenvalue weighted by molar-refractivity contribution is 9.10. The van der Waals surface area contributed by atoms with Crippen molar-refractivity contribution in [3.05, 3.63) is 50.5 Å². The summed E-state index contributed by atoms with van der Waals surface area (Å²) in [6, 6.07) is 6.65. The normalized spacial score (nSPS) is 18.3. The summed E-state index contributed by atoms with van der Waals surface area (Å²) in [4.78, 5) is 12.9. The molecule has 2 bridgehead atoms. The van der Waals surface area contributed by atoms with Crippen LogP contribution in [0, 0.1) is 0 Å². The minimum atomic E-state index is -2.29. The predicted molar refractivity (Wildman–Crippen MR) is 144 cm³/mol. The molecule has 0 spiro atoms. The summed E-state index contributed by atoms with van der Waals surface area (Å²) in [5.41, 5.74) is 14.1. The van der Waals surface area contributed by atoms with Gasteiger partial charge in [-0.05, 0) is 88.7 Å². The van der Waals surface area contributed by atoms with Crippen LogP contribution in [0.4, 0.5) is 0 Å². The number of rotatable bonds is 3. The van der Waals surface area contributed by atoms with Gasteiger partial charge in [0, 0.05) is 10.0 Å². The smallest absolute Gasteiger partial charge is 0.249 e. The highest BCUT2D eigenvalue weighted by atomic mass is 79.9. The molecule has 2 N–H and O–H groups in total. The van der Waals surface area contributed by atoms with Crippen molar-refractivity contribution in [1.82, 2.24) is 0 Å². The second-order valence-corrected chi connectivity index (χ2v) is 19.9. The largest absolute Gasteiger partial charge is 0.449 e. The number of carbonyl (C=O) groups excluding carboxylic acids is 1. The number of fused-ring (bicyclic) bond motifs is 3. The predicted octanol–water partition coefficient (Wildman–Crippen LogP) is 5.72. The van der Waals surface area contributed by atoms with E-state index in [-0.39, 0.29) is 11.3 Å². The van der Waals surface area contributed by atoms with E-state index < -0.39 is 16.6 Å². The van der Waals surface area contributed by atoms with Gasteiger partial charge in [0.1, 0.15) is 0 Å². The summed E-state index contributed by atoms with van der Waals surface area (Å²) in [6.07, 6.45) is 4.29. The van der Waals surface area contributed by atoms with Gasteiger partial charge in [-0.15, -0.1) is 0 Å². The van der Waals surface area contributed by atoms with E-state index in [1.54, 1.807) is 0 Å². The third-order valence-electron chi connectivity index (χ3n) is 6.93. The molecule has 2 aromatic carbocycles. The first-order valence-corrected chi connectivity index (χ1v) is 18.0. The second-order valence-electron chi connectivity index (χ2n) is 11.2. The zero-order chi connectivity index (χ0) is 23.8. The molecule has 32 heavy (non-hydrogen) atoms. The fourth-order valence-corrected chi connectivity index (χ4v) is 17.2. The number of primary amides is 1. The van der Waals surface area contributed by atoms with E-state index in [4.69, 9.17) is 9.85 Å². The fraction of sp³-hybridized carbons (Fsp3) is 0.423. The molecule has 0 atom stereocenters. The Morgan fingerprint density at radius 1 is 1.12 bits per heavy atom. The van der Waals surface area contributed by atoms with Crippen LogP contribution in [-0.2, 0) is 16.0 Å². The Hall–Kier alpha value is -1.48. The van der Waals surface area contributed by atoms with Crippen molar-refractivity contribution in [2.75, 3.05) is 0 Å². The van der Waals surface area contributed by atoms with Crippen LogP contribution in [0.5, 0.6) is 0 Å². The molecule has 2 aliphatic rings. The van der Waals surface area contributed by atoms with Crippen molar-refractivity contribution in [3.63, 3.8) is 0 Å². The lowest BCUT2D eigenvalue weighted by Crippen LogP contribution is -2.65. The number of allylic oxidation sites excluding steroid dienone is 1. The minimum Gasteiger partial charge on any atom is -0.449 e. The topological polar surface area (TPSA) is 52.3 Å². The summed E-state index contributed by atoms with van der Waals surface area (Å²) in [5.74, 6) is -0.358. The Labute approximate surface area is 202 Å². The zero-order valence-corrected chi connectivity index (χ0v) is 24.1. The van der Waals surface area contributed by atoms with Crippen LogP contribution in [0.3, 0.4) is 0 Å². The van der Waals surface area contributed by atoms with Crippen molar-refractivity contribution in [2.24, 2.45) is 5.73 Å². The molecule has 1 amide bonds. The molecular weight excluding hydrogens is 494 g/mol. The molecule has 4 rings (SSSR count). The van der Waals surface area contributed by atoms with Gasteiger partial charge in [0.05, 0.1) is 0 Å². The van der Waals surface area contributed by atoms with Crippen LogP contribution in [0.1, 0.15) is 61.2 Å². The van der Waals surface area contributed by atoms with E-state index in [9.17, 15) is 4.79 Å². The van der Waals surface area contributed by atoms with E-state index in [0.29, 0.717) is 5.56 Å². The van der Waals surface area contributed by atoms with Crippen LogP contribution in [-0.4, -0.2) is 22.5 Å². The lowest BCUT2D eigenvalue weighted by Gasteiger charge is -2.43. The molecule has 2 aromatic rings. The monoisotopic (exact) mass is 527 g/mol. The number of halogens is 1. The fourth-order valence-electron chi connectivity index (χ4n) is 5.28. The Bertz CT molecular complexity index is 1190. The average molecular weight is 529 g/mol. The number of carbonyl (C=O) groups is 1. The van der Waals surface area contributed by atoms with Gasteiger partial charge in [-0.2, -0.15) is 0 Å². The average Bonchev–Trinajstić information content (AvgIpc) is 3.06. The summed E-state index contributed by atoms with van der Waals surface area (Å²) in [6.45, 7) is 17.9. The van der Waals surface area contributed by atoms with Crippen molar-refractivity contribution in [1.29, 1.82) is 0 Å². The van der Waals surface area contributed by atoms with Crippen LogP contribution >= 0.6 is 15.9 Å². The minimum absolute atomic E-state index is 0.00771. The standard InChI is InChI=1S/C26H34BrNO2Si2/c1-9-15-10-16-12-17(26(2,3)4)13-19(18(16)11-15)22-20(25(28)29)14-21-23(27)24(22)32(7,8)30-31(21,5)6/h10,12-14H,9,11H2,1-8H3,(H2,28,29). The van der Waals surface area contributed by atoms with Crippen molar-refractivity contribution >= 4 is 54.9 Å². The van der Waals surface area contributed by atoms with Gasteiger partial charge in [-0.25, -0.2) is 0 Å². The molecule has 1 heterocycles. The number of nitrogens with two attached hydrogens (primary N) is 1. The first-order chi connectivity index (χ1) is 14.7. The zero-order valence-electron chi connectivity index (χ0n) is 20.5. The van der Waals surface area contributed by atoms with Crippen LogP contribution in [0.2, 0.25) is 26.2 Å². The van der Waals surface area contributed by atoms with Crippen LogP contribution < -0.4 is 16.1 Å². The van der Waals surface area contributed by atoms with Gasteiger partial charge in [-0.3, -0.25) is 4.79 Å². The van der Waals surface area contributed by atoms with Gasteiger partial charge in [0.2, 0.25) is 22.5 Å². The molecular formula is C26H34BrNO2Si2. The molecule has 170 valence electrons. The maximum absolute atomic E-state index is 12.9. The molecule has 3 nitrogen and oxygen atoms in total. The van der Waals surface area contributed by atoms with Crippen molar-refractivity contribution in [2.45, 2.75) is 72.1 Å². The van der Waals surface area contributed by atoms with Gasteiger partial charge in [0.15, 0.2) is 0 Å². The molecule has 0 saturated heterocycles. The molecule has 0 aromatic heterocycles. The van der Waals surface area contributed by atoms with E-state index >= 15 is 0 Å². The van der Waals surface area contributed by atoms with Crippen molar-refractivity contribution in [3.8, 4) is 11.1 Å². The Kier molecular flexibility index (Phi) is 5.56. The lowest BCUT2D eigenvalue weighted by molar-refractivity contribution is 0.100. The van der Waals surface area contributed by atoms with Crippen LogP contribution in [0.15, 0.2) is 28.2 Å². The molecule has 0 radical (unpaired) electrons. The summed E-state index contributed by atoms with van der Waals surface area (Å²) < 4.78 is 7.99. The number of benzene rings is 2. The Morgan fingerprint density at radius 2 is 1.78 bits per heavy atom. The second kappa shape index (κ2) is 7.52. The van der Waals surface area contributed by atoms with E-state index in [0.717, 1.165) is 33.6 Å². The number of hydrogen-bond acceptors (Lipinski definition) is 2. The number of hydrogen-bond donors (Lipinski definition) is 1. The summed E-state index contributed by atoms with van der Waals surface area (Å²) in [5, 5.41) is 2.31. The third-order valence-corrected chi connectivity index (χ3v) is 16.0. The van der Waals surface area contributed by atoms with Crippen molar-refractivity contribution < 1.29 is 8.91 Å². The van der Waals surface area contributed by atoms with Gasteiger partial charge < -0.3 is 9.85 Å². The third kappa shape index (κ3) is 3.69. The summed E-state index contributed by atoms with van der Waals surface area (Å²) >= 11 is 3.96. The first-order valence-electron chi connectivity index (χ1n) is 11.4. The maximum Gasteiger partial charge on any atom is 0.249 e. The molecule has 0 unspecified atom stereocenters. The van der Waals surface area contributed by atoms with Gasteiger partial charge in [-0.1, -0.05) is 67.4 Å². The first kappa shape index (κ1) is 23.7. The van der Waals surface area contributed by atoms with Crippen LogP contribution in [0.25, 0.3) is 17.2 Å². The van der Waals surface area contributed by atoms with Gasteiger partial charge in [0.25, 0.3) is 0 Å². The molecule has 0 saturated carbocycles. The molecule has 1 aliphatic heterocycles. The number of amides is 1. The quantitative estimate of drug-likeness (QED) is 0.519. The summed E-state index contributed by atoms with van der Waals surface area (Å²) in [7, 11) is -4.43. The highest BCUT2D eigenvalue weighted by Crippen LogP contribution is 2.42. The Balaban J connectivity index is 2.15. The highest BCUT2D eigenvalue weighted by Gasteiger charge is 2.47. The van der Waals surface area contributed by atoms with E-state index in [1.807, 2.05) is 6.07 Å². The van der Waals surface area contributed by atoms with Gasteiger partial charge >= 0.3 is 0 Å². The van der Waals surface area contributed by atoms with E-state index in [1.165, 1.54) is 27.5 Å². The maximum atomic E-state index is 12.9. The molecule has 0 fully saturated rings. The SMILES string of the molecule is CCC1=Cc2cc(C(C)(C)C)cc(-c3c(C(N)=O)cc4c(Br)c3[Si](C)(C)O[Si]4(C)C)c2C1. The Morgan fingerprint density at radius 3 is 2.34 bits per heavy atom. The lowest BCUT2D eigenvalue weighted by atomic mass is 9.82. The molecule has 6 heteroatoms.